The van der Waals surface area contributed by atoms with Gasteiger partial charge in [-0.05, 0) is 35.8 Å². The quantitative estimate of drug-likeness (QED) is 0.726. The molecule has 0 aliphatic carbocycles. The number of likely N-dealkylation sites (tertiary alicyclic amines) is 1. The Kier molecular flexibility index (Phi) is 6.22. The van der Waals surface area contributed by atoms with Crippen molar-refractivity contribution >= 4 is 29.5 Å². The van der Waals surface area contributed by atoms with Gasteiger partial charge in [0.25, 0.3) is 0 Å². The summed E-state index contributed by atoms with van der Waals surface area (Å²) in [5, 5.41) is 11.5. The first-order chi connectivity index (χ1) is 13.5. The van der Waals surface area contributed by atoms with Gasteiger partial charge in [0.1, 0.15) is 0 Å². The van der Waals surface area contributed by atoms with Gasteiger partial charge in [-0.25, -0.2) is 4.79 Å². The van der Waals surface area contributed by atoms with Crippen LogP contribution in [0.15, 0.2) is 60.7 Å². The molecule has 0 saturated carbocycles. The molecule has 1 aliphatic heterocycles. The molecule has 2 amide bonds. The highest BCUT2D eigenvalue weighted by atomic mass is 16.4. The fourth-order valence-electron chi connectivity index (χ4n) is 3.16. The van der Waals surface area contributed by atoms with E-state index in [1.54, 1.807) is 29.2 Å². The monoisotopic (exact) mass is 378 g/mol. The maximum absolute atomic E-state index is 12.5. The highest BCUT2D eigenvalue weighted by Gasteiger charge is 2.33. The molecule has 1 aliphatic rings. The van der Waals surface area contributed by atoms with Crippen molar-refractivity contribution in [2.45, 2.75) is 12.8 Å². The van der Waals surface area contributed by atoms with E-state index < -0.39 is 5.97 Å². The molecule has 1 fully saturated rings. The second-order valence-electron chi connectivity index (χ2n) is 6.76. The van der Waals surface area contributed by atoms with Crippen LogP contribution in [0.25, 0.3) is 6.08 Å². The Labute approximate surface area is 163 Å². The van der Waals surface area contributed by atoms with E-state index in [0.717, 1.165) is 18.1 Å². The Morgan fingerprint density at radius 2 is 1.82 bits per heavy atom. The summed E-state index contributed by atoms with van der Waals surface area (Å²) >= 11 is 0. The first-order valence-corrected chi connectivity index (χ1v) is 9.15. The van der Waals surface area contributed by atoms with Crippen LogP contribution in [-0.4, -0.2) is 40.9 Å². The summed E-state index contributed by atoms with van der Waals surface area (Å²) in [6.45, 7) is 1.04. The smallest absolute Gasteiger partial charge is 0.328 e. The third kappa shape index (κ3) is 5.30. The van der Waals surface area contributed by atoms with Crippen molar-refractivity contribution in [2.75, 3.05) is 18.4 Å². The lowest BCUT2D eigenvalue weighted by atomic mass is 10.1. The molecule has 2 aromatic carbocycles. The number of carboxylic acid groups (broad SMARTS) is 1. The van der Waals surface area contributed by atoms with Crippen LogP contribution in [0.1, 0.15) is 17.5 Å². The number of benzene rings is 2. The predicted molar refractivity (Wildman–Crippen MR) is 107 cm³/mol. The molecule has 0 aromatic heterocycles. The standard InChI is InChI=1S/C22H22N2O4/c25-20-14-18(15-24(20)13-12-16-4-2-1-3-5-16)22(28)23-19-9-6-17(7-10-19)8-11-21(26)27/h1-11,18H,12-15H2,(H,23,28)(H,26,27). The Morgan fingerprint density at radius 1 is 1.11 bits per heavy atom. The zero-order chi connectivity index (χ0) is 19.9. The number of carbonyl (C=O) groups is 3. The minimum Gasteiger partial charge on any atom is -0.478 e. The van der Waals surface area contributed by atoms with E-state index in [1.807, 2.05) is 30.3 Å². The first-order valence-electron chi connectivity index (χ1n) is 9.15. The predicted octanol–water partition coefficient (Wildman–Crippen LogP) is 2.81. The topological polar surface area (TPSA) is 86.7 Å². The number of rotatable bonds is 7. The summed E-state index contributed by atoms with van der Waals surface area (Å²) in [5.74, 6) is -1.55. The van der Waals surface area contributed by atoms with Gasteiger partial charge < -0.3 is 15.3 Å². The van der Waals surface area contributed by atoms with Crippen LogP contribution in [0, 0.1) is 5.92 Å². The zero-order valence-corrected chi connectivity index (χ0v) is 15.4. The molecular formula is C22H22N2O4. The van der Waals surface area contributed by atoms with Gasteiger partial charge in [-0.2, -0.15) is 0 Å². The number of anilines is 1. The summed E-state index contributed by atoms with van der Waals surface area (Å²) in [4.78, 5) is 37.0. The number of carbonyl (C=O) groups excluding carboxylic acids is 2. The molecule has 2 N–H and O–H groups in total. The summed E-state index contributed by atoms with van der Waals surface area (Å²) in [7, 11) is 0. The van der Waals surface area contributed by atoms with Crippen molar-refractivity contribution in [3.63, 3.8) is 0 Å². The number of hydrogen-bond acceptors (Lipinski definition) is 3. The van der Waals surface area contributed by atoms with E-state index in [9.17, 15) is 14.4 Å². The highest BCUT2D eigenvalue weighted by Crippen LogP contribution is 2.21. The van der Waals surface area contributed by atoms with Gasteiger partial charge in [-0.15, -0.1) is 0 Å². The Balaban J connectivity index is 1.52. The van der Waals surface area contributed by atoms with Crippen LogP contribution in [0.4, 0.5) is 5.69 Å². The second-order valence-corrected chi connectivity index (χ2v) is 6.76. The summed E-state index contributed by atoms with van der Waals surface area (Å²) in [6.07, 6.45) is 3.53. The molecule has 6 nitrogen and oxygen atoms in total. The summed E-state index contributed by atoms with van der Waals surface area (Å²) < 4.78 is 0. The summed E-state index contributed by atoms with van der Waals surface area (Å²) in [5.41, 5.74) is 2.51. The molecule has 1 saturated heterocycles. The van der Waals surface area contributed by atoms with Gasteiger partial charge in [0.05, 0.1) is 5.92 Å². The number of aliphatic carboxylic acids is 1. The van der Waals surface area contributed by atoms with Gasteiger partial charge in [-0.3, -0.25) is 9.59 Å². The fourth-order valence-corrected chi connectivity index (χ4v) is 3.16. The van der Waals surface area contributed by atoms with E-state index >= 15 is 0 Å². The summed E-state index contributed by atoms with van der Waals surface area (Å²) in [6, 6.07) is 16.8. The van der Waals surface area contributed by atoms with E-state index in [0.29, 0.717) is 18.8 Å². The van der Waals surface area contributed by atoms with E-state index in [2.05, 4.69) is 5.32 Å². The molecule has 0 bridgehead atoms. The first kappa shape index (κ1) is 19.4. The number of carboxylic acids is 1. The molecule has 3 rings (SSSR count). The Bertz CT molecular complexity index is 875. The van der Waals surface area contributed by atoms with Crippen LogP contribution in [0.2, 0.25) is 0 Å². The number of hydrogen-bond donors (Lipinski definition) is 2. The largest absolute Gasteiger partial charge is 0.478 e. The Hall–Kier alpha value is -3.41. The molecule has 0 radical (unpaired) electrons. The number of nitrogens with zero attached hydrogens (tertiary/aromatic N) is 1. The lowest BCUT2D eigenvalue weighted by molar-refractivity contribution is -0.131. The Morgan fingerprint density at radius 3 is 2.50 bits per heavy atom. The van der Waals surface area contributed by atoms with Crippen LogP contribution >= 0.6 is 0 Å². The van der Waals surface area contributed by atoms with Gasteiger partial charge in [0.2, 0.25) is 11.8 Å². The molecule has 1 atom stereocenters. The van der Waals surface area contributed by atoms with Crippen molar-refractivity contribution in [1.82, 2.24) is 4.90 Å². The van der Waals surface area contributed by atoms with Crippen molar-refractivity contribution in [2.24, 2.45) is 5.92 Å². The van der Waals surface area contributed by atoms with Crippen LogP contribution in [0.5, 0.6) is 0 Å². The van der Waals surface area contributed by atoms with Crippen LogP contribution in [0.3, 0.4) is 0 Å². The average molecular weight is 378 g/mol. The molecule has 2 aromatic rings. The second kappa shape index (κ2) is 8.99. The minimum absolute atomic E-state index is 0.00485. The molecule has 28 heavy (non-hydrogen) atoms. The van der Waals surface area contributed by atoms with E-state index in [-0.39, 0.29) is 24.2 Å². The number of amides is 2. The molecular weight excluding hydrogens is 356 g/mol. The zero-order valence-electron chi connectivity index (χ0n) is 15.4. The molecule has 144 valence electrons. The van der Waals surface area contributed by atoms with Crippen molar-refractivity contribution < 1.29 is 19.5 Å². The molecule has 6 heteroatoms. The molecule has 1 heterocycles. The third-order valence-corrected chi connectivity index (χ3v) is 4.70. The maximum Gasteiger partial charge on any atom is 0.328 e. The minimum atomic E-state index is -1.01. The number of nitrogens with one attached hydrogen (secondary N) is 1. The highest BCUT2D eigenvalue weighted by molar-refractivity contribution is 5.97. The van der Waals surface area contributed by atoms with Gasteiger partial charge in [0, 0.05) is 31.3 Å². The molecule has 0 spiro atoms. The van der Waals surface area contributed by atoms with Crippen molar-refractivity contribution in [1.29, 1.82) is 0 Å². The lowest BCUT2D eigenvalue weighted by Crippen LogP contribution is -2.30. The van der Waals surface area contributed by atoms with E-state index in [4.69, 9.17) is 5.11 Å². The average Bonchev–Trinajstić information content (AvgIpc) is 3.07. The van der Waals surface area contributed by atoms with Crippen LogP contribution < -0.4 is 5.32 Å². The van der Waals surface area contributed by atoms with Gasteiger partial charge in [-0.1, -0.05) is 42.5 Å². The van der Waals surface area contributed by atoms with Gasteiger partial charge >= 0.3 is 5.97 Å². The normalized spacial score (nSPS) is 16.5. The van der Waals surface area contributed by atoms with Crippen molar-refractivity contribution in [3.8, 4) is 0 Å². The SMILES string of the molecule is O=C(O)C=Cc1ccc(NC(=O)C2CC(=O)N(CCc3ccccc3)C2)cc1. The fraction of sp³-hybridized carbons (Fsp3) is 0.227. The van der Waals surface area contributed by atoms with E-state index in [1.165, 1.54) is 11.6 Å². The van der Waals surface area contributed by atoms with Crippen LogP contribution in [-0.2, 0) is 20.8 Å². The maximum atomic E-state index is 12.5. The lowest BCUT2D eigenvalue weighted by Gasteiger charge is -2.16. The third-order valence-electron chi connectivity index (χ3n) is 4.70. The van der Waals surface area contributed by atoms with Gasteiger partial charge in [0.15, 0.2) is 0 Å². The molecule has 1 unspecified atom stereocenters. The van der Waals surface area contributed by atoms with Crippen molar-refractivity contribution in [3.05, 3.63) is 71.8 Å².